The molecule has 0 saturated heterocycles. The average molecular weight is 861 g/mol. The molecule has 0 amide bonds. The minimum atomic E-state index is -0.180. The fourth-order valence-corrected chi connectivity index (χ4v) is 13.2. The maximum atomic E-state index is 6.61. The number of nitrogens with one attached hydrogen (secondary N) is 2. The van der Waals surface area contributed by atoms with E-state index < -0.39 is 0 Å². The normalized spacial score (nSPS) is 19.3. The van der Waals surface area contributed by atoms with Crippen LogP contribution in [0.1, 0.15) is 36.6 Å². The molecule has 0 bridgehead atoms. The summed E-state index contributed by atoms with van der Waals surface area (Å²) < 4.78 is 11.6. The van der Waals surface area contributed by atoms with Crippen LogP contribution in [-0.4, -0.2) is 21.8 Å². The van der Waals surface area contributed by atoms with Gasteiger partial charge in [0, 0.05) is 62.8 Å². The van der Waals surface area contributed by atoms with E-state index in [2.05, 4.69) is 191 Å². The second kappa shape index (κ2) is 14.3. The topological polar surface area (TPSA) is 54.5 Å². The maximum absolute atomic E-state index is 6.61. The molecule has 3 unspecified atom stereocenters. The molecule has 306 valence electrons. The van der Waals surface area contributed by atoms with E-state index in [1.165, 1.54) is 79.9 Å². The molecular formula is C57H40N4OS2. The Morgan fingerprint density at radius 2 is 1.44 bits per heavy atom. The third kappa shape index (κ3) is 5.71. The first-order valence-electron chi connectivity index (χ1n) is 22.2. The summed E-state index contributed by atoms with van der Waals surface area (Å²) in [6, 6.07) is 57.2. The molecule has 7 heteroatoms. The minimum absolute atomic E-state index is 0.0896. The van der Waals surface area contributed by atoms with Crippen molar-refractivity contribution >= 4 is 100.0 Å². The predicted molar refractivity (Wildman–Crippen MR) is 269 cm³/mol. The van der Waals surface area contributed by atoms with Crippen molar-refractivity contribution in [3.63, 3.8) is 0 Å². The lowest BCUT2D eigenvalue weighted by molar-refractivity contribution is 0.453. The van der Waals surface area contributed by atoms with Crippen molar-refractivity contribution in [2.45, 2.75) is 41.7 Å². The van der Waals surface area contributed by atoms with Crippen molar-refractivity contribution in [2.24, 2.45) is 4.99 Å². The SMILES string of the molecule is C1=C(C2=NC(c3ccccc3)NC(C3=c4c(sc5ccc(-c6ccc7c(c6)oc6ccc(-n8c9ccccc9c9ccccc98)cc67)cc45)=CCC3)N2)C=C2c3ccccc3SC2C1. The van der Waals surface area contributed by atoms with Crippen molar-refractivity contribution in [1.82, 2.24) is 15.2 Å². The first-order chi connectivity index (χ1) is 31.7. The quantitative estimate of drug-likeness (QED) is 0.181. The molecule has 10 aromatic rings. The number of fused-ring (bicyclic) bond motifs is 12. The van der Waals surface area contributed by atoms with Gasteiger partial charge in [0.25, 0.3) is 0 Å². The molecule has 2 aliphatic heterocycles. The van der Waals surface area contributed by atoms with E-state index in [0.717, 1.165) is 58.3 Å². The number of benzene rings is 7. The Labute approximate surface area is 377 Å². The van der Waals surface area contributed by atoms with Gasteiger partial charge in [0.15, 0.2) is 0 Å². The van der Waals surface area contributed by atoms with Crippen LogP contribution in [0, 0.1) is 0 Å². The molecule has 4 aliphatic rings. The third-order valence-electron chi connectivity index (χ3n) is 13.7. The molecule has 3 aromatic heterocycles. The molecule has 0 fully saturated rings. The summed E-state index contributed by atoms with van der Waals surface area (Å²) in [7, 11) is 0. The smallest absolute Gasteiger partial charge is 0.136 e. The molecule has 7 aromatic carbocycles. The highest BCUT2D eigenvalue weighted by Crippen LogP contribution is 2.48. The van der Waals surface area contributed by atoms with Gasteiger partial charge in [-0.25, -0.2) is 4.99 Å². The Morgan fingerprint density at radius 1 is 0.656 bits per heavy atom. The second-order valence-electron chi connectivity index (χ2n) is 17.3. The van der Waals surface area contributed by atoms with Gasteiger partial charge in [-0.15, -0.1) is 23.1 Å². The van der Waals surface area contributed by atoms with Crippen LogP contribution in [0.3, 0.4) is 0 Å². The largest absolute Gasteiger partial charge is 0.456 e. The first kappa shape index (κ1) is 36.6. The molecule has 5 heterocycles. The summed E-state index contributed by atoms with van der Waals surface area (Å²) in [4.78, 5) is 6.76. The van der Waals surface area contributed by atoms with E-state index in [9.17, 15) is 0 Å². The van der Waals surface area contributed by atoms with Gasteiger partial charge in [0.05, 0.1) is 11.0 Å². The van der Waals surface area contributed by atoms with Gasteiger partial charge in [0.1, 0.15) is 29.3 Å². The van der Waals surface area contributed by atoms with Crippen molar-refractivity contribution in [1.29, 1.82) is 0 Å². The van der Waals surface area contributed by atoms with Crippen LogP contribution in [-0.2, 0) is 0 Å². The number of amidine groups is 1. The molecule has 2 aliphatic carbocycles. The molecule has 5 nitrogen and oxygen atoms in total. The summed E-state index contributed by atoms with van der Waals surface area (Å²) >= 11 is 3.89. The van der Waals surface area contributed by atoms with E-state index in [1.807, 2.05) is 23.1 Å². The second-order valence-corrected chi connectivity index (χ2v) is 19.6. The number of aliphatic imine (C=N–C) groups is 1. The predicted octanol–water partition coefficient (Wildman–Crippen LogP) is 12.8. The Balaban J connectivity index is 0.853. The summed E-state index contributed by atoms with van der Waals surface area (Å²) in [5.74, 6) is 0.961. The van der Waals surface area contributed by atoms with Crippen LogP contribution < -0.4 is 20.4 Å². The van der Waals surface area contributed by atoms with Crippen LogP contribution in [0.2, 0.25) is 0 Å². The van der Waals surface area contributed by atoms with Crippen molar-refractivity contribution in [2.75, 3.05) is 0 Å². The van der Waals surface area contributed by atoms with Crippen molar-refractivity contribution in [3.05, 3.63) is 196 Å². The number of allylic oxidation sites excluding steroid dienone is 1. The summed E-state index contributed by atoms with van der Waals surface area (Å²) in [6.45, 7) is 0. The first-order valence-corrected chi connectivity index (χ1v) is 23.9. The number of furan rings is 1. The number of para-hydroxylation sites is 2. The standard InChI is InChI=1S/C57H40N4OS2/c1-2-11-33(12-3-1)55-58-56(36-23-28-51-44(30-36)41-15-6-9-19-50(41)63-51)60-57(59-55)42-16-10-20-53-54(42)45-29-34(22-27-52(45)64-53)35-21-25-40-43-32-37(24-26-48(43)62-49(40)31-35)61-46-17-7-4-13-38(46)39-14-5-8-18-47(39)61/h1-9,11-15,17-27,29-32,51,55,57,59H,10,16,28H2,(H,58,60). The van der Waals surface area contributed by atoms with Gasteiger partial charge < -0.3 is 14.3 Å². The van der Waals surface area contributed by atoms with Gasteiger partial charge >= 0.3 is 0 Å². The van der Waals surface area contributed by atoms with Crippen molar-refractivity contribution < 1.29 is 4.42 Å². The Bertz CT molecular complexity index is 3780. The number of rotatable bonds is 5. The zero-order valence-electron chi connectivity index (χ0n) is 34.7. The number of hydrogen-bond acceptors (Lipinski definition) is 6. The van der Waals surface area contributed by atoms with E-state index in [-0.39, 0.29) is 12.3 Å². The zero-order valence-corrected chi connectivity index (χ0v) is 36.3. The Hall–Kier alpha value is -6.90. The fraction of sp³-hybridized carbons (Fsp3) is 0.105. The van der Waals surface area contributed by atoms with Crippen LogP contribution >= 0.6 is 23.1 Å². The van der Waals surface area contributed by atoms with Gasteiger partial charge in [-0.3, -0.25) is 5.32 Å². The van der Waals surface area contributed by atoms with Crippen LogP contribution in [0.15, 0.2) is 190 Å². The molecule has 0 saturated carbocycles. The summed E-state index contributed by atoms with van der Waals surface area (Å²) in [5.41, 5.74) is 14.2. The van der Waals surface area contributed by atoms with Gasteiger partial charge in [-0.2, -0.15) is 0 Å². The molecule has 3 atom stereocenters. The monoisotopic (exact) mass is 860 g/mol. The molecule has 64 heavy (non-hydrogen) atoms. The lowest BCUT2D eigenvalue weighted by Gasteiger charge is -2.35. The van der Waals surface area contributed by atoms with Crippen molar-refractivity contribution in [3.8, 4) is 16.8 Å². The third-order valence-corrected chi connectivity index (χ3v) is 16.2. The average Bonchev–Trinajstić information content (AvgIpc) is 4.12. The van der Waals surface area contributed by atoms with E-state index in [4.69, 9.17) is 9.41 Å². The number of hydrogen-bond donors (Lipinski definition) is 2. The van der Waals surface area contributed by atoms with Gasteiger partial charge in [0.2, 0.25) is 0 Å². The lowest BCUT2D eigenvalue weighted by Crippen LogP contribution is -2.54. The highest BCUT2D eigenvalue weighted by Gasteiger charge is 2.33. The fourth-order valence-electron chi connectivity index (χ4n) is 10.7. The lowest BCUT2D eigenvalue weighted by atomic mass is 9.92. The zero-order chi connectivity index (χ0) is 41.9. The van der Waals surface area contributed by atoms with Crippen LogP contribution in [0.5, 0.6) is 0 Å². The summed E-state index contributed by atoms with van der Waals surface area (Å²) in [6.07, 6.45) is 9.92. The molecule has 0 radical (unpaired) electrons. The Kier molecular flexibility index (Phi) is 8.18. The van der Waals surface area contributed by atoms with Crippen LogP contribution in [0.4, 0.5) is 0 Å². The number of thiophene rings is 1. The van der Waals surface area contributed by atoms with Gasteiger partial charge in [-0.1, -0.05) is 109 Å². The van der Waals surface area contributed by atoms with E-state index in [1.54, 1.807) is 0 Å². The summed E-state index contributed by atoms with van der Waals surface area (Å²) in [5, 5.41) is 15.8. The van der Waals surface area contributed by atoms with Crippen LogP contribution in [0.25, 0.3) is 87.9 Å². The molecule has 14 rings (SSSR count). The number of thioether (sulfide) groups is 1. The minimum Gasteiger partial charge on any atom is -0.456 e. The van der Waals surface area contributed by atoms with Gasteiger partial charge in [-0.05, 0) is 119 Å². The number of nitrogens with zero attached hydrogens (tertiary/aromatic N) is 2. The molecule has 0 spiro atoms. The molecule has 2 N–H and O–H groups in total. The van der Waals surface area contributed by atoms with E-state index in [0.29, 0.717) is 5.25 Å². The molecular weight excluding hydrogens is 821 g/mol. The highest BCUT2D eigenvalue weighted by molar-refractivity contribution is 8.00. The highest BCUT2D eigenvalue weighted by atomic mass is 32.2. The van der Waals surface area contributed by atoms with E-state index >= 15 is 0 Å². The Morgan fingerprint density at radius 3 is 2.31 bits per heavy atom. The maximum Gasteiger partial charge on any atom is 0.136 e. The number of aromatic nitrogens is 1.